The van der Waals surface area contributed by atoms with Crippen molar-refractivity contribution in [1.82, 2.24) is 9.97 Å². The molecule has 0 amide bonds. The summed E-state index contributed by atoms with van der Waals surface area (Å²) < 4.78 is 0. The standard InChI is InChI=1S/C18H18ClN5/c1-12-6-8-13(9-7-12)10-21-17-16(20)18(23-11-22-17)24-15-5-3-2-4-14(15)19/h2-9,11H,10,20H2,1H3,(H2,21,22,23,24). The molecule has 0 saturated heterocycles. The number of hydrogen-bond donors (Lipinski definition) is 3. The van der Waals surface area contributed by atoms with Gasteiger partial charge in [-0.25, -0.2) is 9.97 Å². The van der Waals surface area contributed by atoms with Crippen LogP contribution in [-0.2, 0) is 6.54 Å². The maximum atomic E-state index is 6.18. The number of aromatic nitrogens is 2. The summed E-state index contributed by atoms with van der Waals surface area (Å²) in [6, 6.07) is 15.7. The molecular weight excluding hydrogens is 322 g/mol. The number of nitrogens with two attached hydrogens (primary N) is 1. The second kappa shape index (κ2) is 7.19. The number of nitrogens with one attached hydrogen (secondary N) is 2. The van der Waals surface area contributed by atoms with Gasteiger partial charge in [0.05, 0.1) is 10.7 Å². The molecule has 0 unspecified atom stereocenters. The zero-order valence-electron chi connectivity index (χ0n) is 13.3. The maximum absolute atomic E-state index is 6.18. The fraction of sp³-hybridized carbons (Fsp3) is 0.111. The van der Waals surface area contributed by atoms with Gasteiger partial charge in [0.15, 0.2) is 11.6 Å². The summed E-state index contributed by atoms with van der Waals surface area (Å²) in [5.41, 5.74) is 9.75. The van der Waals surface area contributed by atoms with Crippen molar-refractivity contribution >= 4 is 34.6 Å². The number of anilines is 4. The Bertz CT molecular complexity index is 833. The molecule has 0 aliphatic rings. The van der Waals surface area contributed by atoms with E-state index in [1.165, 1.54) is 11.9 Å². The Morgan fingerprint density at radius 2 is 1.71 bits per heavy atom. The molecule has 0 aliphatic carbocycles. The van der Waals surface area contributed by atoms with E-state index in [2.05, 4.69) is 51.8 Å². The maximum Gasteiger partial charge on any atom is 0.159 e. The summed E-state index contributed by atoms with van der Waals surface area (Å²) in [5, 5.41) is 6.98. The van der Waals surface area contributed by atoms with Crippen LogP contribution in [0.1, 0.15) is 11.1 Å². The Hall–Kier alpha value is -2.79. The molecule has 0 fully saturated rings. The van der Waals surface area contributed by atoms with Gasteiger partial charge in [0.1, 0.15) is 12.0 Å². The molecule has 1 heterocycles. The van der Waals surface area contributed by atoms with Gasteiger partial charge in [-0.2, -0.15) is 0 Å². The van der Waals surface area contributed by atoms with Crippen molar-refractivity contribution in [2.75, 3.05) is 16.4 Å². The third-order valence-electron chi connectivity index (χ3n) is 3.59. The van der Waals surface area contributed by atoms with E-state index in [0.29, 0.717) is 28.9 Å². The van der Waals surface area contributed by atoms with Crippen LogP contribution in [0.2, 0.25) is 5.02 Å². The Morgan fingerprint density at radius 3 is 2.46 bits per heavy atom. The van der Waals surface area contributed by atoms with Crippen molar-refractivity contribution in [2.24, 2.45) is 0 Å². The van der Waals surface area contributed by atoms with Gasteiger partial charge in [0.25, 0.3) is 0 Å². The summed E-state index contributed by atoms with van der Waals surface area (Å²) in [7, 11) is 0. The van der Waals surface area contributed by atoms with Gasteiger partial charge in [0, 0.05) is 6.54 Å². The molecule has 2 aromatic carbocycles. The van der Waals surface area contributed by atoms with Crippen molar-refractivity contribution in [1.29, 1.82) is 0 Å². The number of aryl methyl sites for hydroxylation is 1. The third-order valence-corrected chi connectivity index (χ3v) is 3.92. The van der Waals surface area contributed by atoms with E-state index >= 15 is 0 Å². The smallest absolute Gasteiger partial charge is 0.159 e. The molecule has 6 heteroatoms. The third kappa shape index (κ3) is 3.75. The second-order valence-electron chi connectivity index (χ2n) is 5.43. The Labute approximate surface area is 145 Å². The molecule has 3 rings (SSSR count). The Morgan fingerprint density at radius 1 is 1.00 bits per heavy atom. The highest BCUT2D eigenvalue weighted by Gasteiger charge is 2.09. The van der Waals surface area contributed by atoms with Gasteiger partial charge in [0.2, 0.25) is 0 Å². The first-order valence-electron chi connectivity index (χ1n) is 7.55. The molecule has 3 aromatic rings. The molecule has 0 spiro atoms. The molecule has 0 bridgehead atoms. The molecular formula is C18H18ClN5. The van der Waals surface area contributed by atoms with Gasteiger partial charge in [-0.1, -0.05) is 53.6 Å². The van der Waals surface area contributed by atoms with E-state index in [1.54, 1.807) is 6.07 Å². The number of halogens is 1. The molecule has 122 valence electrons. The minimum absolute atomic E-state index is 0.449. The summed E-state index contributed by atoms with van der Waals surface area (Å²) in [4.78, 5) is 8.41. The van der Waals surface area contributed by atoms with E-state index in [-0.39, 0.29) is 0 Å². The first kappa shape index (κ1) is 16.1. The van der Waals surface area contributed by atoms with Crippen LogP contribution in [0.15, 0.2) is 54.9 Å². The number of nitrogen functional groups attached to an aromatic ring is 1. The summed E-state index contributed by atoms with van der Waals surface area (Å²) in [5.74, 6) is 1.10. The second-order valence-corrected chi connectivity index (χ2v) is 5.84. The topological polar surface area (TPSA) is 75.9 Å². The van der Waals surface area contributed by atoms with Crippen LogP contribution >= 0.6 is 11.6 Å². The minimum atomic E-state index is 0.449. The minimum Gasteiger partial charge on any atom is -0.393 e. The van der Waals surface area contributed by atoms with E-state index in [1.807, 2.05) is 18.2 Å². The molecule has 0 radical (unpaired) electrons. The number of rotatable bonds is 5. The normalized spacial score (nSPS) is 10.4. The van der Waals surface area contributed by atoms with Crippen LogP contribution < -0.4 is 16.4 Å². The quantitative estimate of drug-likeness (QED) is 0.643. The lowest BCUT2D eigenvalue weighted by molar-refractivity contribution is 1.08. The van der Waals surface area contributed by atoms with E-state index in [0.717, 1.165) is 11.3 Å². The molecule has 24 heavy (non-hydrogen) atoms. The largest absolute Gasteiger partial charge is 0.393 e. The van der Waals surface area contributed by atoms with Crippen molar-refractivity contribution < 1.29 is 0 Å². The fourth-order valence-electron chi connectivity index (χ4n) is 2.22. The number of nitrogens with zero attached hydrogens (tertiary/aromatic N) is 2. The average Bonchev–Trinajstić information content (AvgIpc) is 2.59. The van der Waals surface area contributed by atoms with Crippen molar-refractivity contribution in [2.45, 2.75) is 13.5 Å². The van der Waals surface area contributed by atoms with E-state index in [9.17, 15) is 0 Å². The van der Waals surface area contributed by atoms with Gasteiger partial charge in [-0.3, -0.25) is 0 Å². The molecule has 4 N–H and O–H groups in total. The highest BCUT2D eigenvalue weighted by molar-refractivity contribution is 6.33. The molecule has 5 nitrogen and oxygen atoms in total. The zero-order chi connectivity index (χ0) is 16.9. The molecule has 1 aromatic heterocycles. The van der Waals surface area contributed by atoms with Gasteiger partial charge < -0.3 is 16.4 Å². The van der Waals surface area contributed by atoms with Crippen molar-refractivity contribution in [3.63, 3.8) is 0 Å². The lowest BCUT2D eigenvalue weighted by Crippen LogP contribution is -2.08. The van der Waals surface area contributed by atoms with Crippen LogP contribution in [-0.4, -0.2) is 9.97 Å². The van der Waals surface area contributed by atoms with Crippen LogP contribution in [0.25, 0.3) is 0 Å². The molecule has 0 aliphatic heterocycles. The summed E-state index contributed by atoms with van der Waals surface area (Å²) >= 11 is 6.16. The SMILES string of the molecule is Cc1ccc(CNc2ncnc(Nc3ccccc3Cl)c2N)cc1. The van der Waals surface area contributed by atoms with E-state index in [4.69, 9.17) is 17.3 Å². The zero-order valence-corrected chi connectivity index (χ0v) is 14.0. The predicted molar refractivity (Wildman–Crippen MR) is 99.7 cm³/mol. The first-order valence-corrected chi connectivity index (χ1v) is 7.93. The predicted octanol–water partition coefficient (Wildman–Crippen LogP) is 4.38. The van der Waals surface area contributed by atoms with Crippen molar-refractivity contribution in [3.8, 4) is 0 Å². The van der Waals surface area contributed by atoms with Gasteiger partial charge in [-0.05, 0) is 24.6 Å². The Balaban J connectivity index is 1.75. The summed E-state index contributed by atoms with van der Waals surface area (Å²) in [6.07, 6.45) is 1.47. The van der Waals surface area contributed by atoms with Crippen LogP contribution in [0, 0.1) is 6.92 Å². The van der Waals surface area contributed by atoms with E-state index < -0.39 is 0 Å². The van der Waals surface area contributed by atoms with Gasteiger partial charge >= 0.3 is 0 Å². The Kier molecular flexibility index (Phi) is 4.82. The molecule has 0 atom stereocenters. The monoisotopic (exact) mass is 339 g/mol. The number of hydrogen-bond acceptors (Lipinski definition) is 5. The highest BCUT2D eigenvalue weighted by Crippen LogP contribution is 2.29. The van der Waals surface area contributed by atoms with Crippen LogP contribution in [0.5, 0.6) is 0 Å². The highest BCUT2D eigenvalue weighted by atomic mass is 35.5. The number of benzene rings is 2. The van der Waals surface area contributed by atoms with Crippen LogP contribution in [0.3, 0.4) is 0 Å². The van der Waals surface area contributed by atoms with Crippen LogP contribution in [0.4, 0.5) is 23.0 Å². The lowest BCUT2D eigenvalue weighted by Gasteiger charge is -2.13. The lowest BCUT2D eigenvalue weighted by atomic mass is 10.1. The number of para-hydroxylation sites is 1. The van der Waals surface area contributed by atoms with Gasteiger partial charge in [-0.15, -0.1) is 0 Å². The summed E-state index contributed by atoms with van der Waals surface area (Å²) in [6.45, 7) is 2.69. The molecule has 0 saturated carbocycles. The van der Waals surface area contributed by atoms with Crippen molar-refractivity contribution in [3.05, 3.63) is 71.0 Å². The average molecular weight is 340 g/mol. The fourth-order valence-corrected chi connectivity index (χ4v) is 2.40. The first-order chi connectivity index (χ1) is 11.6.